The molecule has 0 aromatic rings. The van der Waals surface area contributed by atoms with Gasteiger partial charge in [0.1, 0.15) is 5.60 Å². The second-order valence-electron chi connectivity index (χ2n) is 9.02. The van der Waals surface area contributed by atoms with Crippen LogP contribution >= 0.6 is 0 Å². The molecule has 1 saturated carbocycles. The number of hydrogen-bond donors (Lipinski definition) is 2. The summed E-state index contributed by atoms with van der Waals surface area (Å²) in [7, 11) is 0. The van der Waals surface area contributed by atoms with Crippen molar-refractivity contribution in [2.24, 2.45) is 11.3 Å². The van der Waals surface area contributed by atoms with Crippen molar-refractivity contribution in [2.75, 3.05) is 6.54 Å². The summed E-state index contributed by atoms with van der Waals surface area (Å²) in [5.74, 6) is 0.704. The van der Waals surface area contributed by atoms with Crippen molar-refractivity contribution in [3.05, 3.63) is 0 Å². The van der Waals surface area contributed by atoms with E-state index in [-0.39, 0.29) is 12.1 Å². The maximum Gasteiger partial charge on any atom is 0.407 e. The molecular weight excluding hydrogens is 288 g/mol. The molecule has 1 fully saturated rings. The smallest absolute Gasteiger partial charge is 0.407 e. The van der Waals surface area contributed by atoms with Gasteiger partial charge in [0.2, 0.25) is 0 Å². The molecule has 4 heteroatoms. The summed E-state index contributed by atoms with van der Waals surface area (Å²) in [5.41, 5.74) is -0.116. The third-order valence-corrected chi connectivity index (χ3v) is 4.72. The summed E-state index contributed by atoms with van der Waals surface area (Å²) in [4.78, 5) is 11.9. The van der Waals surface area contributed by atoms with Gasteiger partial charge < -0.3 is 15.4 Å². The quantitative estimate of drug-likeness (QED) is 0.783. The van der Waals surface area contributed by atoms with Gasteiger partial charge in [-0.25, -0.2) is 4.79 Å². The van der Waals surface area contributed by atoms with Crippen molar-refractivity contribution < 1.29 is 9.53 Å². The molecule has 23 heavy (non-hydrogen) atoms. The molecule has 2 N–H and O–H groups in total. The second-order valence-corrected chi connectivity index (χ2v) is 9.02. The minimum atomic E-state index is -0.448. The number of rotatable bonds is 5. The number of carbonyl (C=O) groups is 1. The van der Waals surface area contributed by atoms with Crippen LogP contribution in [-0.2, 0) is 4.74 Å². The lowest BCUT2D eigenvalue weighted by molar-refractivity contribution is 0.0497. The largest absolute Gasteiger partial charge is 0.444 e. The van der Waals surface area contributed by atoms with Crippen LogP contribution in [0.25, 0.3) is 0 Å². The van der Waals surface area contributed by atoms with Gasteiger partial charge in [0.15, 0.2) is 0 Å². The lowest BCUT2D eigenvalue weighted by atomic mass is 9.69. The minimum absolute atomic E-state index is 0.118. The van der Waals surface area contributed by atoms with Crippen LogP contribution in [-0.4, -0.2) is 30.3 Å². The van der Waals surface area contributed by atoms with Gasteiger partial charge in [-0.2, -0.15) is 0 Å². The fourth-order valence-corrected chi connectivity index (χ4v) is 3.48. The van der Waals surface area contributed by atoms with Gasteiger partial charge in [0.05, 0.1) is 0 Å². The van der Waals surface area contributed by atoms with Crippen LogP contribution in [0.2, 0.25) is 0 Å². The molecule has 1 aliphatic rings. The first kappa shape index (κ1) is 20.3. The zero-order chi connectivity index (χ0) is 17.7. The van der Waals surface area contributed by atoms with Gasteiger partial charge in [-0.3, -0.25) is 0 Å². The van der Waals surface area contributed by atoms with E-state index in [9.17, 15) is 4.79 Å². The zero-order valence-electron chi connectivity index (χ0n) is 16.3. The molecular formula is C19H38N2O2. The molecule has 0 spiro atoms. The SMILES string of the molecule is CCC(CNC1CCCCC1C(C)(C)C)NC(=O)OC(C)(C)C. The summed E-state index contributed by atoms with van der Waals surface area (Å²) in [5, 5.41) is 6.72. The molecule has 0 bridgehead atoms. The van der Waals surface area contributed by atoms with E-state index in [0.717, 1.165) is 13.0 Å². The standard InChI is InChI=1S/C19H38N2O2/c1-8-14(21-17(22)23-19(5,6)7)13-20-16-12-10-9-11-15(16)18(2,3)4/h14-16,20H,8-13H2,1-7H3,(H,21,22). The van der Waals surface area contributed by atoms with Crippen LogP contribution in [0.5, 0.6) is 0 Å². The highest BCUT2D eigenvalue weighted by Crippen LogP contribution is 2.37. The van der Waals surface area contributed by atoms with Crippen molar-refractivity contribution in [1.29, 1.82) is 0 Å². The Morgan fingerprint density at radius 2 is 1.74 bits per heavy atom. The third-order valence-electron chi connectivity index (χ3n) is 4.72. The van der Waals surface area contributed by atoms with Crippen LogP contribution in [0.15, 0.2) is 0 Å². The van der Waals surface area contributed by atoms with Gasteiger partial charge in [-0.1, -0.05) is 40.5 Å². The van der Waals surface area contributed by atoms with Crippen molar-refractivity contribution >= 4 is 6.09 Å². The van der Waals surface area contributed by atoms with E-state index in [2.05, 4.69) is 38.3 Å². The van der Waals surface area contributed by atoms with E-state index >= 15 is 0 Å². The van der Waals surface area contributed by atoms with E-state index < -0.39 is 5.60 Å². The maximum atomic E-state index is 11.9. The Labute approximate surface area is 143 Å². The van der Waals surface area contributed by atoms with Crippen molar-refractivity contribution in [1.82, 2.24) is 10.6 Å². The number of alkyl carbamates (subject to hydrolysis) is 1. The van der Waals surface area contributed by atoms with Crippen LogP contribution in [0, 0.1) is 11.3 Å². The molecule has 0 heterocycles. The third kappa shape index (κ3) is 7.56. The highest BCUT2D eigenvalue weighted by atomic mass is 16.6. The minimum Gasteiger partial charge on any atom is -0.444 e. The predicted octanol–water partition coefficient (Wildman–Crippen LogP) is 4.48. The average Bonchev–Trinajstić information content (AvgIpc) is 2.40. The van der Waals surface area contributed by atoms with Crippen LogP contribution in [0.3, 0.4) is 0 Å². The van der Waals surface area contributed by atoms with Crippen LogP contribution < -0.4 is 10.6 Å². The zero-order valence-corrected chi connectivity index (χ0v) is 16.3. The summed E-state index contributed by atoms with van der Waals surface area (Å²) < 4.78 is 5.36. The van der Waals surface area contributed by atoms with E-state index in [1.54, 1.807) is 0 Å². The van der Waals surface area contributed by atoms with Gasteiger partial charge in [-0.15, -0.1) is 0 Å². The highest BCUT2D eigenvalue weighted by molar-refractivity contribution is 5.68. The molecule has 1 amide bonds. The summed E-state index contributed by atoms with van der Waals surface area (Å²) in [6.07, 6.45) is 5.78. The molecule has 4 nitrogen and oxygen atoms in total. The Morgan fingerprint density at radius 1 is 1.13 bits per heavy atom. The molecule has 3 atom stereocenters. The first-order valence-corrected chi connectivity index (χ1v) is 9.26. The first-order valence-electron chi connectivity index (χ1n) is 9.26. The van der Waals surface area contributed by atoms with Gasteiger partial charge >= 0.3 is 6.09 Å². The fourth-order valence-electron chi connectivity index (χ4n) is 3.48. The topological polar surface area (TPSA) is 50.4 Å². The van der Waals surface area contributed by atoms with Crippen molar-refractivity contribution in [2.45, 2.75) is 98.3 Å². The van der Waals surface area contributed by atoms with Crippen molar-refractivity contribution in [3.8, 4) is 0 Å². The first-order chi connectivity index (χ1) is 10.5. The predicted molar refractivity (Wildman–Crippen MR) is 96.7 cm³/mol. The lowest BCUT2D eigenvalue weighted by Gasteiger charge is -2.41. The summed E-state index contributed by atoms with van der Waals surface area (Å²) in [6, 6.07) is 0.672. The Kier molecular flexibility index (Phi) is 7.37. The van der Waals surface area contributed by atoms with E-state index in [1.807, 2.05) is 20.8 Å². The maximum absolute atomic E-state index is 11.9. The number of hydrogen-bond acceptors (Lipinski definition) is 3. The Morgan fingerprint density at radius 3 is 2.26 bits per heavy atom. The Bertz CT molecular complexity index is 369. The Hall–Kier alpha value is -0.770. The second kappa shape index (κ2) is 8.36. The van der Waals surface area contributed by atoms with Gasteiger partial charge in [0, 0.05) is 18.6 Å². The van der Waals surface area contributed by atoms with Crippen LogP contribution in [0.4, 0.5) is 4.79 Å². The molecule has 0 radical (unpaired) electrons. The van der Waals surface area contributed by atoms with E-state index in [0.29, 0.717) is 17.4 Å². The van der Waals surface area contributed by atoms with Gasteiger partial charge in [0.25, 0.3) is 0 Å². The molecule has 0 aromatic heterocycles. The molecule has 0 aliphatic heterocycles. The van der Waals surface area contributed by atoms with E-state index in [4.69, 9.17) is 4.74 Å². The molecule has 3 unspecified atom stereocenters. The fraction of sp³-hybridized carbons (Fsp3) is 0.947. The van der Waals surface area contributed by atoms with Gasteiger partial charge in [-0.05, 0) is 51.4 Å². The molecule has 0 aromatic carbocycles. The van der Waals surface area contributed by atoms with Crippen LogP contribution in [0.1, 0.15) is 80.6 Å². The average molecular weight is 327 g/mol. The molecule has 136 valence electrons. The number of nitrogens with one attached hydrogen (secondary N) is 2. The van der Waals surface area contributed by atoms with E-state index in [1.165, 1.54) is 25.7 Å². The number of ether oxygens (including phenoxy) is 1. The summed E-state index contributed by atoms with van der Waals surface area (Å²) >= 11 is 0. The van der Waals surface area contributed by atoms with Crippen molar-refractivity contribution in [3.63, 3.8) is 0 Å². The monoisotopic (exact) mass is 326 g/mol. The normalized spacial score (nSPS) is 24.1. The molecule has 1 rings (SSSR count). The highest BCUT2D eigenvalue weighted by Gasteiger charge is 2.34. The molecule has 1 aliphatic carbocycles. The lowest BCUT2D eigenvalue weighted by Crippen LogP contribution is -2.50. The number of carbonyl (C=O) groups excluding carboxylic acids is 1. The Balaban J connectivity index is 2.51. The number of amides is 1. The summed E-state index contributed by atoms with van der Waals surface area (Å²) in [6.45, 7) is 15.6. The molecule has 0 saturated heterocycles.